The third kappa shape index (κ3) is 5.22. The summed E-state index contributed by atoms with van der Waals surface area (Å²) in [5, 5.41) is 1.04. The Morgan fingerprint density at radius 2 is 1.59 bits per heavy atom. The van der Waals surface area contributed by atoms with E-state index in [1.807, 2.05) is 36.4 Å². The SMILES string of the molecule is CCN(Cc1ccccc1Oc1nc(OC)cc(OC)n1)c1ccc(Cl)c(Cl)c1. The van der Waals surface area contributed by atoms with Crippen molar-refractivity contribution in [1.82, 2.24) is 9.97 Å². The van der Waals surface area contributed by atoms with E-state index >= 15 is 0 Å². The van der Waals surface area contributed by atoms with Crippen LogP contribution in [0.4, 0.5) is 5.69 Å². The van der Waals surface area contributed by atoms with Crippen molar-refractivity contribution in [3.05, 3.63) is 64.1 Å². The number of nitrogens with zero attached hydrogens (tertiary/aromatic N) is 3. The van der Waals surface area contributed by atoms with Gasteiger partial charge >= 0.3 is 6.01 Å². The summed E-state index contributed by atoms with van der Waals surface area (Å²) in [6.07, 6.45) is 0. The fourth-order valence-corrected chi connectivity index (χ4v) is 3.04. The predicted octanol–water partition coefficient (Wildman–Crippen LogP) is 5.62. The quantitative estimate of drug-likeness (QED) is 0.459. The molecule has 1 heterocycles. The first kappa shape index (κ1) is 21.0. The van der Waals surface area contributed by atoms with E-state index in [1.165, 1.54) is 14.2 Å². The topological polar surface area (TPSA) is 56.7 Å². The maximum Gasteiger partial charge on any atom is 0.328 e. The number of para-hydroxylation sites is 1. The molecule has 0 unspecified atom stereocenters. The van der Waals surface area contributed by atoms with E-state index in [2.05, 4.69) is 21.8 Å². The van der Waals surface area contributed by atoms with E-state index in [0.29, 0.717) is 34.1 Å². The second kappa shape index (κ2) is 9.67. The highest BCUT2D eigenvalue weighted by atomic mass is 35.5. The minimum Gasteiger partial charge on any atom is -0.481 e. The van der Waals surface area contributed by atoms with Gasteiger partial charge in [-0.15, -0.1) is 0 Å². The van der Waals surface area contributed by atoms with Gasteiger partial charge in [-0.25, -0.2) is 0 Å². The lowest BCUT2D eigenvalue weighted by atomic mass is 10.1. The number of aromatic nitrogens is 2. The van der Waals surface area contributed by atoms with Crippen molar-refractivity contribution in [1.29, 1.82) is 0 Å². The zero-order chi connectivity index (χ0) is 20.8. The van der Waals surface area contributed by atoms with E-state index in [-0.39, 0.29) is 6.01 Å². The Morgan fingerprint density at radius 3 is 2.21 bits per heavy atom. The molecule has 152 valence electrons. The Hall–Kier alpha value is -2.70. The second-order valence-corrected chi connectivity index (χ2v) is 6.87. The van der Waals surface area contributed by atoms with Crippen molar-refractivity contribution in [2.75, 3.05) is 25.7 Å². The third-order valence-electron chi connectivity index (χ3n) is 4.26. The number of ether oxygens (including phenoxy) is 3. The molecule has 0 spiro atoms. The summed E-state index contributed by atoms with van der Waals surface area (Å²) in [7, 11) is 3.05. The number of hydrogen-bond acceptors (Lipinski definition) is 6. The van der Waals surface area contributed by atoms with Gasteiger partial charge in [0.15, 0.2) is 0 Å². The van der Waals surface area contributed by atoms with Gasteiger partial charge in [-0.3, -0.25) is 0 Å². The molecule has 0 N–H and O–H groups in total. The van der Waals surface area contributed by atoms with Gasteiger partial charge in [0.1, 0.15) is 5.75 Å². The third-order valence-corrected chi connectivity index (χ3v) is 5.00. The van der Waals surface area contributed by atoms with Crippen molar-refractivity contribution >= 4 is 28.9 Å². The normalized spacial score (nSPS) is 10.5. The predicted molar refractivity (Wildman–Crippen MR) is 115 cm³/mol. The van der Waals surface area contributed by atoms with Crippen LogP contribution in [0.15, 0.2) is 48.5 Å². The number of rotatable bonds is 8. The number of anilines is 1. The first-order chi connectivity index (χ1) is 14.0. The van der Waals surface area contributed by atoms with Crippen LogP contribution in [0.25, 0.3) is 0 Å². The van der Waals surface area contributed by atoms with Gasteiger partial charge in [-0.2, -0.15) is 9.97 Å². The molecule has 0 aliphatic heterocycles. The minimum atomic E-state index is 0.145. The molecule has 0 saturated carbocycles. The lowest BCUT2D eigenvalue weighted by Crippen LogP contribution is -2.22. The second-order valence-electron chi connectivity index (χ2n) is 6.06. The van der Waals surface area contributed by atoms with Crippen LogP contribution in [-0.4, -0.2) is 30.7 Å². The largest absolute Gasteiger partial charge is 0.481 e. The number of methoxy groups -OCH3 is 2. The molecule has 1 aromatic heterocycles. The van der Waals surface area contributed by atoms with E-state index in [0.717, 1.165) is 17.8 Å². The molecule has 0 bridgehead atoms. The van der Waals surface area contributed by atoms with Gasteiger partial charge in [0.25, 0.3) is 0 Å². The van der Waals surface area contributed by atoms with Gasteiger partial charge in [0.2, 0.25) is 11.8 Å². The molecule has 2 aromatic carbocycles. The Kier molecular flexibility index (Phi) is 7.01. The molecule has 3 rings (SSSR count). The standard InChI is InChI=1S/C21H21Cl2N3O3/c1-4-26(15-9-10-16(22)17(23)11-15)13-14-7-5-6-8-18(14)29-21-24-19(27-2)12-20(25-21)28-3/h5-12H,4,13H2,1-3H3. The molecule has 0 amide bonds. The molecule has 6 nitrogen and oxygen atoms in total. The highest BCUT2D eigenvalue weighted by Gasteiger charge is 2.14. The maximum absolute atomic E-state index is 6.19. The Bertz CT molecular complexity index is 963. The van der Waals surface area contributed by atoms with Gasteiger partial charge in [-0.05, 0) is 31.2 Å². The van der Waals surface area contributed by atoms with E-state index < -0.39 is 0 Å². The molecule has 0 aliphatic rings. The summed E-state index contributed by atoms with van der Waals surface area (Å²) in [6.45, 7) is 3.45. The number of benzene rings is 2. The van der Waals surface area contributed by atoms with E-state index in [4.69, 9.17) is 37.4 Å². The average Bonchev–Trinajstić information content (AvgIpc) is 2.74. The highest BCUT2D eigenvalue weighted by molar-refractivity contribution is 6.42. The minimum absolute atomic E-state index is 0.145. The van der Waals surface area contributed by atoms with Crippen LogP contribution in [-0.2, 0) is 6.54 Å². The van der Waals surface area contributed by atoms with Crippen molar-refractivity contribution in [3.8, 4) is 23.5 Å². The van der Waals surface area contributed by atoms with Gasteiger partial charge in [-0.1, -0.05) is 41.4 Å². The molecule has 0 radical (unpaired) electrons. The zero-order valence-corrected chi connectivity index (χ0v) is 17.9. The maximum atomic E-state index is 6.19. The van der Waals surface area contributed by atoms with Crippen molar-refractivity contribution < 1.29 is 14.2 Å². The van der Waals surface area contributed by atoms with Crippen LogP contribution < -0.4 is 19.1 Å². The van der Waals surface area contributed by atoms with Crippen molar-refractivity contribution in [2.24, 2.45) is 0 Å². The Labute approximate surface area is 180 Å². The van der Waals surface area contributed by atoms with Crippen LogP contribution in [0.2, 0.25) is 10.0 Å². The summed E-state index contributed by atoms with van der Waals surface area (Å²) < 4.78 is 16.3. The van der Waals surface area contributed by atoms with Crippen LogP contribution in [0, 0.1) is 0 Å². The molecule has 0 fully saturated rings. The Morgan fingerprint density at radius 1 is 0.897 bits per heavy atom. The molecule has 0 atom stereocenters. The molecule has 3 aromatic rings. The first-order valence-electron chi connectivity index (χ1n) is 8.96. The van der Waals surface area contributed by atoms with Crippen LogP contribution in [0.5, 0.6) is 23.5 Å². The average molecular weight is 434 g/mol. The molecule has 0 aliphatic carbocycles. The monoisotopic (exact) mass is 433 g/mol. The van der Waals surface area contributed by atoms with Gasteiger partial charge < -0.3 is 19.1 Å². The van der Waals surface area contributed by atoms with E-state index in [9.17, 15) is 0 Å². The van der Waals surface area contributed by atoms with Gasteiger partial charge in [0.05, 0.1) is 30.3 Å². The molecular weight excluding hydrogens is 413 g/mol. The summed E-state index contributed by atoms with van der Waals surface area (Å²) in [4.78, 5) is 10.6. The molecular formula is C21H21Cl2N3O3. The molecule has 29 heavy (non-hydrogen) atoms. The fraction of sp³-hybridized carbons (Fsp3) is 0.238. The van der Waals surface area contributed by atoms with E-state index in [1.54, 1.807) is 12.1 Å². The fourth-order valence-electron chi connectivity index (χ4n) is 2.74. The van der Waals surface area contributed by atoms with Crippen LogP contribution in [0.1, 0.15) is 12.5 Å². The summed E-state index contributed by atoms with van der Waals surface area (Å²) >= 11 is 12.2. The summed E-state index contributed by atoms with van der Waals surface area (Å²) in [5.41, 5.74) is 1.93. The number of halogens is 2. The van der Waals surface area contributed by atoms with Crippen molar-refractivity contribution in [3.63, 3.8) is 0 Å². The van der Waals surface area contributed by atoms with Gasteiger partial charge in [0, 0.05) is 24.3 Å². The lowest BCUT2D eigenvalue weighted by molar-refractivity contribution is 0.347. The van der Waals surface area contributed by atoms with Crippen LogP contribution >= 0.6 is 23.2 Å². The van der Waals surface area contributed by atoms with Crippen molar-refractivity contribution in [2.45, 2.75) is 13.5 Å². The highest BCUT2D eigenvalue weighted by Crippen LogP contribution is 2.31. The lowest BCUT2D eigenvalue weighted by Gasteiger charge is -2.24. The Balaban J connectivity index is 1.87. The molecule has 8 heteroatoms. The smallest absolute Gasteiger partial charge is 0.328 e. The van der Waals surface area contributed by atoms with Crippen LogP contribution in [0.3, 0.4) is 0 Å². The zero-order valence-electron chi connectivity index (χ0n) is 16.4. The summed E-state index contributed by atoms with van der Waals surface area (Å²) in [5.74, 6) is 1.35. The first-order valence-corrected chi connectivity index (χ1v) is 9.72. The molecule has 0 saturated heterocycles. The number of hydrogen-bond donors (Lipinski definition) is 0. The summed E-state index contributed by atoms with van der Waals surface area (Å²) in [6, 6.07) is 15.0.